The van der Waals surface area contributed by atoms with E-state index in [0.29, 0.717) is 13.0 Å². The van der Waals surface area contributed by atoms with Gasteiger partial charge in [-0.05, 0) is 93.2 Å². The first-order chi connectivity index (χ1) is 18.1. The molecule has 0 unspecified atom stereocenters. The highest BCUT2D eigenvalue weighted by molar-refractivity contribution is 5.98. The molecule has 198 valence electrons. The Balaban J connectivity index is 1.26. The fraction of sp³-hybridized carbons (Fsp3) is 0.484. The molecule has 6 rings (SSSR count). The molecule has 2 bridgehead atoms. The Morgan fingerprint density at radius 2 is 1.76 bits per heavy atom. The van der Waals surface area contributed by atoms with Gasteiger partial charge in [-0.25, -0.2) is 4.79 Å². The minimum atomic E-state index is -0.628. The summed E-state index contributed by atoms with van der Waals surface area (Å²) in [5, 5.41) is 12.7. The summed E-state index contributed by atoms with van der Waals surface area (Å²) in [4.78, 5) is 40.1. The molecule has 7 nitrogen and oxygen atoms in total. The van der Waals surface area contributed by atoms with E-state index in [9.17, 15) is 19.6 Å². The summed E-state index contributed by atoms with van der Waals surface area (Å²) in [6, 6.07) is 15.7. The molecule has 2 aromatic carbocycles. The number of ether oxygens (including phenoxy) is 1. The van der Waals surface area contributed by atoms with Crippen LogP contribution in [0, 0.1) is 23.2 Å². The summed E-state index contributed by atoms with van der Waals surface area (Å²) in [5.74, 6) is -0.396. The van der Waals surface area contributed by atoms with Gasteiger partial charge in [0.25, 0.3) is 5.91 Å². The van der Waals surface area contributed by atoms with Crippen molar-refractivity contribution in [2.45, 2.75) is 83.5 Å². The maximum Gasteiger partial charge on any atom is 0.411 e. The van der Waals surface area contributed by atoms with Gasteiger partial charge in [-0.15, -0.1) is 0 Å². The smallest absolute Gasteiger partial charge is 0.411 e. The van der Waals surface area contributed by atoms with Crippen LogP contribution in [0.4, 0.5) is 4.79 Å². The van der Waals surface area contributed by atoms with E-state index in [0.717, 1.165) is 53.5 Å². The van der Waals surface area contributed by atoms with Gasteiger partial charge in [-0.2, -0.15) is 5.26 Å². The molecular weight excluding hydrogens is 478 g/mol. The van der Waals surface area contributed by atoms with E-state index in [4.69, 9.17) is 4.74 Å². The second-order valence-corrected chi connectivity index (χ2v) is 11.9. The monoisotopic (exact) mass is 513 g/mol. The SMILES string of the molecule is CC(C)(C)OC(=O)N1C2CCC(CC2)[C@H]1C(=O)C[C@H](C#N)Cc1ccc(-c2ccc3c(c2)CNC3=O)cc1. The van der Waals surface area contributed by atoms with Gasteiger partial charge in [-0.1, -0.05) is 30.3 Å². The van der Waals surface area contributed by atoms with Gasteiger partial charge < -0.3 is 10.1 Å². The van der Waals surface area contributed by atoms with Crippen LogP contribution in [0.25, 0.3) is 11.1 Å². The summed E-state index contributed by atoms with van der Waals surface area (Å²) in [6.07, 6.45) is 3.85. The van der Waals surface area contributed by atoms with E-state index in [1.807, 2.05) is 63.2 Å². The molecule has 2 atom stereocenters. The van der Waals surface area contributed by atoms with Crippen LogP contribution < -0.4 is 5.32 Å². The van der Waals surface area contributed by atoms with Crippen molar-refractivity contribution in [3.8, 4) is 17.2 Å². The van der Waals surface area contributed by atoms with Gasteiger partial charge in [0.05, 0.1) is 18.0 Å². The molecule has 2 saturated heterocycles. The molecule has 7 heteroatoms. The summed E-state index contributed by atoms with van der Waals surface area (Å²) < 4.78 is 5.66. The van der Waals surface area contributed by atoms with Crippen LogP contribution in [0.15, 0.2) is 42.5 Å². The maximum absolute atomic E-state index is 13.6. The molecule has 1 saturated carbocycles. The standard InChI is InChI=1S/C31H35N3O4/c1-31(2,3)38-30(37)34-25-11-8-22(9-12-25)28(34)27(35)15-20(17-32)14-19-4-6-21(7-5-19)23-10-13-26-24(16-23)18-33-29(26)36/h4-7,10,13,16,20,22,25,28H,8-9,11-12,14-15,18H2,1-3H3,(H,33,36)/t20-,22?,25?,28+/m1/s1. The Bertz CT molecular complexity index is 1280. The number of fused-ring (bicyclic) bond motifs is 4. The van der Waals surface area contributed by atoms with Gasteiger partial charge in [0, 0.05) is 24.6 Å². The molecular formula is C31H35N3O4. The Kier molecular flexibility index (Phi) is 7.00. The lowest BCUT2D eigenvalue weighted by molar-refractivity contribution is -0.133. The van der Waals surface area contributed by atoms with E-state index < -0.39 is 23.7 Å². The van der Waals surface area contributed by atoms with E-state index in [2.05, 4.69) is 11.4 Å². The van der Waals surface area contributed by atoms with E-state index in [-0.39, 0.29) is 30.1 Å². The van der Waals surface area contributed by atoms with Gasteiger partial charge in [-0.3, -0.25) is 14.5 Å². The van der Waals surface area contributed by atoms with Crippen molar-refractivity contribution in [1.29, 1.82) is 5.26 Å². The molecule has 0 aromatic heterocycles. The highest BCUT2D eigenvalue weighted by atomic mass is 16.6. The minimum absolute atomic E-state index is 0.0324. The quantitative estimate of drug-likeness (QED) is 0.556. The van der Waals surface area contributed by atoms with Gasteiger partial charge in [0.1, 0.15) is 5.60 Å². The third-order valence-corrected chi connectivity index (χ3v) is 8.00. The minimum Gasteiger partial charge on any atom is -0.444 e. The number of nitrogens with one attached hydrogen (secondary N) is 1. The molecule has 0 radical (unpaired) electrons. The Hall–Kier alpha value is -3.66. The van der Waals surface area contributed by atoms with E-state index in [1.54, 1.807) is 4.90 Å². The van der Waals surface area contributed by atoms with Crippen LogP contribution in [-0.2, 0) is 22.5 Å². The fourth-order valence-electron chi connectivity index (χ4n) is 6.20. The van der Waals surface area contributed by atoms with Crippen molar-refractivity contribution in [1.82, 2.24) is 10.2 Å². The number of rotatable bonds is 6. The normalized spacial score (nSPS) is 22.8. The van der Waals surface area contributed by atoms with Crippen molar-refractivity contribution < 1.29 is 19.1 Å². The fourth-order valence-corrected chi connectivity index (χ4v) is 6.20. The number of Topliss-reactive ketones (excluding diaryl/α,β-unsaturated/α-hetero) is 1. The van der Waals surface area contributed by atoms with Crippen LogP contribution >= 0.6 is 0 Å². The molecule has 0 spiro atoms. The molecule has 2 amide bonds. The number of carbonyl (C=O) groups excluding carboxylic acids is 3. The van der Waals surface area contributed by atoms with Crippen LogP contribution in [0.3, 0.4) is 0 Å². The highest BCUT2D eigenvalue weighted by Crippen LogP contribution is 2.41. The molecule has 3 heterocycles. The molecule has 4 aliphatic rings. The number of piperidine rings is 2. The topological polar surface area (TPSA) is 99.5 Å². The average molecular weight is 514 g/mol. The van der Waals surface area contributed by atoms with Crippen molar-refractivity contribution in [2.24, 2.45) is 11.8 Å². The second kappa shape index (κ2) is 10.2. The number of ketones is 1. The predicted molar refractivity (Wildman–Crippen MR) is 143 cm³/mol. The van der Waals surface area contributed by atoms with Gasteiger partial charge >= 0.3 is 6.09 Å². The lowest BCUT2D eigenvalue weighted by Gasteiger charge is -2.50. The number of hydrogen-bond acceptors (Lipinski definition) is 5. The van der Waals surface area contributed by atoms with Crippen LogP contribution in [-0.4, -0.2) is 40.4 Å². The molecule has 38 heavy (non-hydrogen) atoms. The number of amides is 2. The zero-order valence-corrected chi connectivity index (χ0v) is 22.3. The highest BCUT2D eigenvalue weighted by Gasteiger charge is 2.48. The van der Waals surface area contributed by atoms with E-state index >= 15 is 0 Å². The molecule has 1 N–H and O–H groups in total. The number of hydrogen-bond donors (Lipinski definition) is 1. The summed E-state index contributed by atoms with van der Waals surface area (Å²) in [7, 11) is 0. The molecule has 3 fully saturated rings. The molecule has 1 aliphatic carbocycles. The van der Waals surface area contributed by atoms with Gasteiger partial charge in [0.15, 0.2) is 5.78 Å². The Morgan fingerprint density at radius 1 is 1.08 bits per heavy atom. The summed E-state index contributed by atoms with van der Waals surface area (Å²) in [6.45, 7) is 6.06. The van der Waals surface area contributed by atoms with Crippen LogP contribution in [0.1, 0.15) is 74.4 Å². The Labute approximate surface area is 224 Å². The van der Waals surface area contributed by atoms with Crippen LogP contribution in [0.2, 0.25) is 0 Å². The van der Waals surface area contributed by atoms with Gasteiger partial charge in [0.2, 0.25) is 0 Å². The first-order valence-corrected chi connectivity index (χ1v) is 13.6. The van der Waals surface area contributed by atoms with E-state index in [1.165, 1.54) is 0 Å². The first kappa shape index (κ1) is 26.0. The third-order valence-electron chi connectivity index (χ3n) is 8.00. The third kappa shape index (κ3) is 5.31. The van der Waals surface area contributed by atoms with Crippen LogP contribution in [0.5, 0.6) is 0 Å². The zero-order chi connectivity index (χ0) is 27.0. The van der Waals surface area contributed by atoms with Crippen molar-refractivity contribution >= 4 is 17.8 Å². The largest absolute Gasteiger partial charge is 0.444 e. The summed E-state index contributed by atoms with van der Waals surface area (Å²) in [5.41, 5.74) is 4.15. The zero-order valence-electron chi connectivity index (χ0n) is 22.3. The van der Waals surface area contributed by atoms with Crippen molar-refractivity contribution in [3.05, 3.63) is 59.2 Å². The predicted octanol–water partition coefficient (Wildman–Crippen LogP) is 5.42. The summed E-state index contributed by atoms with van der Waals surface area (Å²) >= 11 is 0. The van der Waals surface area contributed by atoms with Crippen molar-refractivity contribution in [3.63, 3.8) is 0 Å². The first-order valence-electron chi connectivity index (χ1n) is 13.6. The second-order valence-electron chi connectivity index (χ2n) is 11.9. The number of nitrogens with zero attached hydrogens (tertiary/aromatic N) is 2. The lowest BCUT2D eigenvalue weighted by atomic mass is 9.72. The lowest BCUT2D eigenvalue weighted by Crippen LogP contribution is -2.61. The number of carbonyl (C=O) groups is 3. The Morgan fingerprint density at radius 3 is 2.42 bits per heavy atom. The average Bonchev–Trinajstić information content (AvgIpc) is 3.27. The maximum atomic E-state index is 13.6. The molecule has 2 aromatic rings. The van der Waals surface area contributed by atoms with Crippen molar-refractivity contribution in [2.75, 3.05) is 0 Å². The number of nitriles is 1. The number of benzene rings is 2. The molecule has 3 aliphatic heterocycles.